The topological polar surface area (TPSA) is 97.5 Å². The molecule has 3 N–H and O–H groups in total. The van der Waals surface area contributed by atoms with Crippen LogP contribution in [0.3, 0.4) is 0 Å². The van der Waals surface area contributed by atoms with Crippen molar-refractivity contribution in [1.29, 1.82) is 0 Å². The van der Waals surface area contributed by atoms with Crippen molar-refractivity contribution in [2.45, 2.75) is 46.1 Å². The number of amides is 2. The van der Waals surface area contributed by atoms with Crippen LogP contribution in [0.5, 0.6) is 0 Å². The summed E-state index contributed by atoms with van der Waals surface area (Å²) in [5.41, 5.74) is 7.97. The van der Waals surface area contributed by atoms with Crippen LogP contribution < -0.4 is 11.1 Å². The lowest BCUT2D eigenvalue weighted by Gasteiger charge is -2.33. The Morgan fingerprint density at radius 1 is 1.19 bits per heavy atom. The summed E-state index contributed by atoms with van der Waals surface area (Å²) in [6.07, 6.45) is 2.85. The number of carbonyl (C=O) groups is 2. The molecule has 2 amide bonds. The van der Waals surface area contributed by atoms with E-state index in [4.69, 9.17) is 10.5 Å². The predicted molar refractivity (Wildman–Crippen MR) is 139 cm³/mol. The molecule has 0 radical (unpaired) electrons. The molecule has 1 aliphatic heterocycles. The van der Waals surface area contributed by atoms with E-state index in [1.807, 2.05) is 39.8 Å². The molecule has 2 aromatic carbocycles. The van der Waals surface area contributed by atoms with Gasteiger partial charge in [-0.1, -0.05) is 24.3 Å². The van der Waals surface area contributed by atoms with Crippen LogP contribution in [0.25, 0.3) is 21.9 Å². The quantitative estimate of drug-likeness (QED) is 0.515. The highest BCUT2D eigenvalue weighted by Gasteiger charge is 2.27. The van der Waals surface area contributed by atoms with Crippen LogP contribution in [-0.4, -0.2) is 47.1 Å². The summed E-state index contributed by atoms with van der Waals surface area (Å²) >= 11 is 0. The Morgan fingerprint density at radius 2 is 1.92 bits per heavy atom. The molecule has 1 fully saturated rings. The average Bonchev–Trinajstić information content (AvgIpc) is 2.81. The fourth-order valence-electron chi connectivity index (χ4n) is 4.60. The Balaban J connectivity index is 1.45. The van der Waals surface area contributed by atoms with Crippen molar-refractivity contribution < 1.29 is 18.7 Å². The molecular weight excluding hydrogens is 459 g/mol. The zero-order valence-corrected chi connectivity index (χ0v) is 21.2. The second-order valence-corrected chi connectivity index (χ2v) is 10.4. The number of hydrogen-bond donors (Lipinski definition) is 2. The van der Waals surface area contributed by atoms with E-state index in [9.17, 15) is 14.0 Å². The molecule has 8 heteroatoms. The number of rotatable bonds is 4. The first kappa shape index (κ1) is 25.4. The third kappa shape index (κ3) is 5.58. The van der Waals surface area contributed by atoms with E-state index in [-0.39, 0.29) is 29.6 Å². The van der Waals surface area contributed by atoms with E-state index in [1.54, 1.807) is 29.3 Å². The van der Waals surface area contributed by atoms with Gasteiger partial charge in [0.25, 0.3) is 5.91 Å². The van der Waals surface area contributed by atoms with Gasteiger partial charge in [0.05, 0.1) is 5.56 Å². The molecule has 0 bridgehead atoms. The SMILES string of the molecule is Cc1cccc(F)c1-c1ccc2c(C(=O)NCC3CCN(C(=O)OC(C)(C)C)CC3)c(N)ncc2c1. The van der Waals surface area contributed by atoms with Gasteiger partial charge >= 0.3 is 6.09 Å². The Kier molecular flexibility index (Phi) is 7.15. The lowest BCUT2D eigenvalue weighted by Crippen LogP contribution is -2.43. The highest BCUT2D eigenvalue weighted by Crippen LogP contribution is 2.31. The minimum Gasteiger partial charge on any atom is -0.444 e. The van der Waals surface area contributed by atoms with Gasteiger partial charge < -0.3 is 20.7 Å². The van der Waals surface area contributed by atoms with Gasteiger partial charge in [0, 0.05) is 36.8 Å². The van der Waals surface area contributed by atoms with Crippen LogP contribution in [0.4, 0.5) is 15.0 Å². The standard InChI is InChI=1S/C28H33FN4O3/c1-17-6-5-7-22(29)23(17)19-8-9-21-20(14-19)16-31-25(30)24(21)26(34)32-15-18-10-12-33(13-11-18)27(35)36-28(2,3)4/h5-9,14,16,18H,10-13,15H2,1-4H3,(H2,30,31)(H,32,34). The fraction of sp³-hybridized carbons (Fsp3) is 0.393. The Morgan fingerprint density at radius 3 is 2.58 bits per heavy atom. The van der Waals surface area contributed by atoms with Gasteiger partial charge in [-0.15, -0.1) is 0 Å². The first-order valence-electron chi connectivity index (χ1n) is 12.2. The largest absolute Gasteiger partial charge is 0.444 e. The maximum Gasteiger partial charge on any atom is 0.410 e. The maximum absolute atomic E-state index is 14.5. The fourth-order valence-corrected chi connectivity index (χ4v) is 4.60. The number of carbonyl (C=O) groups excluding carboxylic acids is 2. The number of likely N-dealkylation sites (tertiary alicyclic amines) is 1. The Hall–Kier alpha value is -3.68. The Bertz CT molecular complexity index is 1270. The number of nitrogens with one attached hydrogen (secondary N) is 1. The first-order chi connectivity index (χ1) is 17.0. The normalized spacial score (nSPS) is 14.6. The second-order valence-electron chi connectivity index (χ2n) is 10.4. The van der Waals surface area contributed by atoms with Crippen molar-refractivity contribution in [3.63, 3.8) is 0 Å². The smallest absolute Gasteiger partial charge is 0.410 e. The molecule has 0 saturated carbocycles. The molecule has 0 aliphatic carbocycles. The van der Waals surface area contributed by atoms with Crippen LogP contribution in [0.15, 0.2) is 42.6 Å². The number of nitrogens with zero attached hydrogens (tertiary/aromatic N) is 2. The van der Waals surface area contributed by atoms with Crippen molar-refractivity contribution in [3.8, 4) is 11.1 Å². The number of piperidine rings is 1. The van der Waals surface area contributed by atoms with Crippen LogP contribution in [0.2, 0.25) is 0 Å². The van der Waals surface area contributed by atoms with Crippen molar-refractivity contribution in [3.05, 3.63) is 59.5 Å². The predicted octanol–water partition coefficient (Wildman–Crippen LogP) is 5.31. The minimum absolute atomic E-state index is 0.148. The van der Waals surface area contributed by atoms with Gasteiger partial charge in [-0.25, -0.2) is 14.2 Å². The van der Waals surface area contributed by atoms with Crippen molar-refractivity contribution in [2.24, 2.45) is 5.92 Å². The van der Waals surface area contributed by atoms with E-state index in [1.165, 1.54) is 6.07 Å². The maximum atomic E-state index is 14.5. The molecule has 190 valence electrons. The summed E-state index contributed by atoms with van der Waals surface area (Å²) < 4.78 is 19.9. The molecule has 1 saturated heterocycles. The second kappa shape index (κ2) is 10.1. The van der Waals surface area contributed by atoms with Crippen LogP contribution in [-0.2, 0) is 4.74 Å². The number of aromatic nitrogens is 1. The van der Waals surface area contributed by atoms with Crippen LogP contribution in [0.1, 0.15) is 49.5 Å². The molecule has 1 aromatic heterocycles. The van der Waals surface area contributed by atoms with E-state index < -0.39 is 5.60 Å². The molecule has 0 atom stereocenters. The molecule has 0 spiro atoms. The summed E-state index contributed by atoms with van der Waals surface area (Å²) in [5, 5.41) is 4.37. The van der Waals surface area contributed by atoms with Gasteiger partial charge in [-0.2, -0.15) is 0 Å². The summed E-state index contributed by atoms with van der Waals surface area (Å²) in [6.45, 7) is 9.07. The summed E-state index contributed by atoms with van der Waals surface area (Å²) in [7, 11) is 0. The summed E-state index contributed by atoms with van der Waals surface area (Å²) in [5.74, 6) is -0.203. The van der Waals surface area contributed by atoms with E-state index >= 15 is 0 Å². The number of halogens is 1. The molecule has 3 aromatic rings. The number of fused-ring (bicyclic) bond motifs is 1. The molecular formula is C28H33FN4O3. The number of nitrogen functional groups attached to an aromatic ring is 1. The van der Waals surface area contributed by atoms with Crippen LogP contribution >= 0.6 is 0 Å². The number of nitrogens with two attached hydrogens (primary N) is 1. The van der Waals surface area contributed by atoms with Gasteiger partial charge in [0.1, 0.15) is 17.2 Å². The highest BCUT2D eigenvalue weighted by molar-refractivity contribution is 6.11. The molecule has 1 aliphatic rings. The summed E-state index contributed by atoms with van der Waals surface area (Å²) in [6, 6.07) is 10.4. The summed E-state index contributed by atoms with van der Waals surface area (Å²) in [4.78, 5) is 31.4. The Labute approximate surface area is 210 Å². The van der Waals surface area contributed by atoms with E-state index in [2.05, 4.69) is 10.3 Å². The number of ether oxygens (including phenoxy) is 1. The van der Waals surface area contributed by atoms with Crippen molar-refractivity contribution in [2.75, 3.05) is 25.4 Å². The third-order valence-corrected chi connectivity index (χ3v) is 6.47. The van der Waals surface area contributed by atoms with Gasteiger partial charge in [-0.3, -0.25) is 4.79 Å². The van der Waals surface area contributed by atoms with Crippen molar-refractivity contribution in [1.82, 2.24) is 15.2 Å². The molecule has 4 rings (SSSR count). The zero-order valence-electron chi connectivity index (χ0n) is 21.2. The lowest BCUT2D eigenvalue weighted by atomic mass is 9.95. The highest BCUT2D eigenvalue weighted by atomic mass is 19.1. The zero-order chi connectivity index (χ0) is 26.0. The lowest BCUT2D eigenvalue weighted by molar-refractivity contribution is 0.0183. The number of anilines is 1. The minimum atomic E-state index is -0.525. The number of hydrogen-bond acceptors (Lipinski definition) is 5. The van der Waals surface area contributed by atoms with Gasteiger partial charge in [-0.05, 0) is 75.1 Å². The first-order valence-corrected chi connectivity index (χ1v) is 12.2. The monoisotopic (exact) mass is 492 g/mol. The number of aryl methyl sites for hydroxylation is 1. The molecule has 2 heterocycles. The van der Waals surface area contributed by atoms with E-state index in [0.29, 0.717) is 47.1 Å². The van der Waals surface area contributed by atoms with Gasteiger partial charge in [0.15, 0.2) is 0 Å². The van der Waals surface area contributed by atoms with Crippen LogP contribution in [0, 0.1) is 18.7 Å². The number of pyridine rings is 1. The number of benzene rings is 2. The molecule has 0 unspecified atom stereocenters. The van der Waals surface area contributed by atoms with Gasteiger partial charge in [0.2, 0.25) is 0 Å². The average molecular weight is 493 g/mol. The molecule has 7 nitrogen and oxygen atoms in total. The van der Waals surface area contributed by atoms with Crippen molar-refractivity contribution >= 4 is 28.6 Å². The third-order valence-electron chi connectivity index (χ3n) is 6.47. The molecule has 36 heavy (non-hydrogen) atoms. The van der Waals surface area contributed by atoms with E-state index in [0.717, 1.165) is 18.4 Å².